The number of thiol groups is 1. The molecule has 0 fully saturated rings. The molecule has 19 heavy (non-hydrogen) atoms. The Morgan fingerprint density at radius 1 is 1.26 bits per heavy atom. The molecule has 116 valence electrons. The van der Waals surface area contributed by atoms with E-state index in [9.17, 15) is 14.3 Å². The van der Waals surface area contributed by atoms with Crippen molar-refractivity contribution in [3.8, 4) is 0 Å². The Kier molecular flexibility index (Phi) is 8.43. The van der Waals surface area contributed by atoms with E-state index in [0.29, 0.717) is 6.54 Å². The van der Waals surface area contributed by atoms with Gasteiger partial charge in [-0.3, -0.25) is 13.8 Å². The van der Waals surface area contributed by atoms with E-state index in [1.54, 1.807) is 0 Å². The van der Waals surface area contributed by atoms with Crippen LogP contribution in [-0.4, -0.2) is 47.8 Å². The Morgan fingerprint density at radius 3 is 2.26 bits per heavy atom. The summed E-state index contributed by atoms with van der Waals surface area (Å²) in [5, 5.41) is 3.18. The van der Waals surface area contributed by atoms with Crippen LogP contribution in [0, 0.1) is 0 Å². The average Bonchev–Trinajstić information content (AvgIpc) is 2.22. The van der Waals surface area contributed by atoms with Crippen molar-refractivity contribution in [1.29, 1.82) is 0 Å². The van der Waals surface area contributed by atoms with E-state index in [1.165, 1.54) is 0 Å². The van der Waals surface area contributed by atoms with Gasteiger partial charge in [-0.25, -0.2) is 15.5 Å². The van der Waals surface area contributed by atoms with Crippen LogP contribution in [0.4, 0.5) is 0 Å². The SMILES string of the molecule is C[SH](C)C(=O)CCOP(=O)(O)OCCNC(C)(C)C. The van der Waals surface area contributed by atoms with Gasteiger partial charge in [0.05, 0.1) is 13.2 Å². The Labute approximate surface area is 118 Å². The van der Waals surface area contributed by atoms with Crippen LogP contribution in [0.1, 0.15) is 27.2 Å². The monoisotopic (exact) mass is 315 g/mol. The van der Waals surface area contributed by atoms with Crippen molar-refractivity contribution in [3.63, 3.8) is 0 Å². The van der Waals surface area contributed by atoms with Gasteiger partial charge in [-0.05, 0) is 33.3 Å². The van der Waals surface area contributed by atoms with E-state index in [-0.39, 0.29) is 30.3 Å². The molecule has 0 aromatic rings. The summed E-state index contributed by atoms with van der Waals surface area (Å²) in [6.45, 7) is 6.41. The van der Waals surface area contributed by atoms with Crippen molar-refractivity contribution < 1.29 is 23.3 Å². The first-order valence-electron chi connectivity index (χ1n) is 6.10. The lowest BCUT2D eigenvalue weighted by Gasteiger charge is -2.20. The molecule has 0 amide bonds. The lowest BCUT2D eigenvalue weighted by atomic mass is 10.1. The summed E-state index contributed by atoms with van der Waals surface area (Å²) in [5.74, 6) is 0. The van der Waals surface area contributed by atoms with E-state index >= 15 is 0 Å². The largest absolute Gasteiger partial charge is 0.472 e. The van der Waals surface area contributed by atoms with Crippen LogP contribution >= 0.6 is 18.7 Å². The molecular formula is C11H26NO5PS. The van der Waals surface area contributed by atoms with Crippen LogP contribution in [0.3, 0.4) is 0 Å². The standard InChI is InChI=1S/C11H26NO5PS/c1-11(2,3)12-7-9-17-18(14,15)16-8-6-10(13)19(4)5/h12,19H,6-9H2,1-5H3,(H,14,15). The van der Waals surface area contributed by atoms with Crippen molar-refractivity contribution in [1.82, 2.24) is 5.32 Å². The summed E-state index contributed by atoms with van der Waals surface area (Å²) in [5.41, 5.74) is -0.0739. The highest BCUT2D eigenvalue weighted by molar-refractivity contribution is 8.28. The quantitative estimate of drug-likeness (QED) is 0.359. The maximum Gasteiger partial charge on any atom is 0.472 e. The summed E-state index contributed by atoms with van der Waals surface area (Å²) in [6, 6.07) is 0. The minimum absolute atomic E-state index is 0.0596. The molecule has 0 bridgehead atoms. The second-order valence-corrected chi connectivity index (χ2v) is 9.09. The lowest BCUT2D eigenvalue weighted by Crippen LogP contribution is -2.37. The number of phosphoric acid groups is 1. The van der Waals surface area contributed by atoms with Gasteiger partial charge in [0.15, 0.2) is 5.12 Å². The number of hydrogen-bond donors (Lipinski definition) is 3. The first kappa shape index (κ1) is 19.1. The summed E-state index contributed by atoms with van der Waals surface area (Å²) < 4.78 is 21.0. The molecular weight excluding hydrogens is 289 g/mol. The van der Waals surface area contributed by atoms with Crippen LogP contribution < -0.4 is 5.32 Å². The molecule has 2 N–H and O–H groups in total. The predicted molar refractivity (Wildman–Crippen MR) is 79.9 cm³/mol. The maximum absolute atomic E-state index is 11.5. The number of carbonyl (C=O) groups is 1. The Hall–Kier alpha value is 0.0900. The minimum atomic E-state index is -4.05. The summed E-state index contributed by atoms with van der Waals surface area (Å²) in [4.78, 5) is 20.7. The number of hydrogen-bond acceptors (Lipinski definition) is 5. The van der Waals surface area contributed by atoms with Crippen molar-refractivity contribution in [2.45, 2.75) is 32.7 Å². The molecule has 0 spiro atoms. The topological polar surface area (TPSA) is 84.9 Å². The first-order valence-corrected chi connectivity index (χ1v) is 9.84. The van der Waals surface area contributed by atoms with E-state index in [2.05, 4.69) is 5.32 Å². The highest BCUT2D eigenvalue weighted by Crippen LogP contribution is 2.43. The molecule has 0 saturated carbocycles. The molecule has 8 heteroatoms. The van der Waals surface area contributed by atoms with Gasteiger partial charge in [-0.15, -0.1) is 0 Å². The molecule has 1 unspecified atom stereocenters. The Morgan fingerprint density at radius 2 is 1.79 bits per heavy atom. The lowest BCUT2D eigenvalue weighted by molar-refractivity contribution is -0.111. The molecule has 0 aliphatic heterocycles. The predicted octanol–water partition coefficient (Wildman–Crippen LogP) is 1.69. The third-order valence-corrected chi connectivity index (χ3v) is 4.32. The zero-order valence-electron chi connectivity index (χ0n) is 12.3. The highest BCUT2D eigenvalue weighted by Gasteiger charge is 2.21. The van der Waals surface area contributed by atoms with Gasteiger partial charge in [-0.2, -0.15) is 0 Å². The van der Waals surface area contributed by atoms with Gasteiger partial charge in [0.2, 0.25) is 0 Å². The average molecular weight is 315 g/mol. The normalized spacial score (nSPS) is 16.0. The van der Waals surface area contributed by atoms with Crippen molar-refractivity contribution in [2.24, 2.45) is 0 Å². The molecule has 6 nitrogen and oxygen atoms in total. The second kappa shape index (κ2) is 8.39. The fraction of sp³-hybridized carbons (Fsp3) is 0.909. The van der Waals surface area contributed by atoms with Crippen LogP contribution in [-0.2, 0) is 18.4 Å². The van der Waals surface area contributed by atoms with E-state index in [0.717, 1.165) is 0 Å². The van der Waals surface area contributed by atoms with E-state index in [4.69, 9.17) is 9.05 Å². The van der Waals surface area contributed by atoms with Gasteiger partial charge in [0, 0.05) is 18.5 Å². The smallest absolute Gasteiger partial charge is 0.310 e. The van der Waals surface area contributed by atoms with Crippen molar-refractivity contribution in [2.75, 3.05) is 32.3 Å². The minimum Gasteiger partial charge on any atom is -0.310 e. The van der Waals surface area contributed by atoms with Crippen LogP contribution in [0.2, 0.25) is 0 Å². The zero-order valence-corrected chi connectivity index (χ0v) is 14.1. The maximum atomic E-state index is 11.5. The first-order chi connectivity index (χ1) is 8.53. The van der Waals surface area contributed by atoms with Gasteiger partial charge in [0.25, 0.3) is 0 Å². The molecule has 0 aliphatic carbocycles. The van der Waals surface area contributed by atoms with Crippen LogP contribution in [0.15, 0.2) is 0 Å². The summed E-state index contributed by atoms with van der Waals surface area (Å²) in [7, 11) is -4.72. The number of carbonyl (C=O) groups excluding carboxylic acids is 1. The zero-order chi connectivity index (χ0) is 15.1. The van der Waals surface area contributed by atoms with Crippen molar-refractivity contribution >= 4 is 23.8 Å². The Bertz CT molecular complexity index is 330. The Balaban J connectivity index is 3.81. The number of phosphoric ester groups is 1. The van der Waals surface area contributed by atoms with Crippen LogP contribution in [0.5, 0.6) is 0 Å². The molecule has 1 atom stereocenters. The number of nitrogens with one attached hydrogen (secondary N) is 1. The molecule has 0 radical (unpaired) electrons. The van der Waals surface area contributed by atoms with Gasteiger partial charge >= 0.3 is 7.82 Å². The van der Waals surface area contributed by atoms with Gasteiger partial charge in [0.1, 0.15) is 0 Å². The van der Waals surface area contributed by atoms with E-state index in [1.807, 2.05) is 33.3 Å². The summed E-state index contributed by atoms with van der Waals surface area (Å²) >= 11 is 0. The van der Waals surface area contributed by atoms with Gasteiger partial charge < -0.3 is 10.2 Å². The molecule has 0 aromatic carbocycles. The number of rotatable bonds is 8. The third kappa shape index (κ3) is 11.6. The molecule has 0 saturated heterocycles. The third-order valence-electron chi connectivity index (χ3n) is 2.08. The molecule has 0 aromatic heterocycles. The highest BCUT2D eigenvalue weighted by atomic mass is 32.2. The fourth-order valence-corrected chi connectivity index (χ4v) is 2.35. The molecule has 0 rings (SSSR count). The second-order valence-electron chi connectivity index (χ2n) is 5.35. The summed E-state index contributed by atoms with van der Waals surface area (Å²) in [6.07, 6.45) is 3.82. The van der Waals surface area contributed by atoms with Crippen LogP contribution in [0.25, 0.3) is 0 Å². The fourth-order valence-electron chi connectivity index (χ4n) is 1.10. The van der Waals surface area contributed by atoms with E-state index < -0.39 is 18.7 Å². The molecule has 0 heterocycles. The van der Waals surface area contributed by atoms with Crippen molar-refractivity contribution in [3.05, 3.63) is 0 Å². The molecule has 0 aliphatic rings. The van der Waals surface area contributed by atoms with Gasteiger partial charge in [-0.1, -0.05) is 0 Å².